The molecular weight excluding hydrogens is 200 g/mol. The summed E-state index contributed by atoms with van der Waals surface area (Å²) in [5.41, 5.74) is 5.62. The Morgan fingerprint density at radius 1 is 1.19 bits per heavy atom. The van der Waals surface area contributed by atoms with E-state index >= 15 is 0 Å². The Hall–Kier alpha value is -2.10. The number of pyridine rings is 1. The molecule has 4 nitrogen and oxygen atoms in total. The minimum Gasteiger partial charge on any atom is -0.274 e. The highest BCUT2D eigenvalue weighted by molar-refractivity contribution is 5.55. The van der Waals surface area contributed by atoms with Crippen molar-refractivity contribution in [1.29, 1.82) is 0 Å². The summed E-state index contributed by atoms with van der Waals surface area (Å²) in [4.78, 5) is 3.36. The van der Waals surface area contributed by atoms with Crippen molar-refractivity contribution in [3.63, 3.8) is 0 Å². The van der Waals surface area contributed by atoms with Gasteiger partial charge in [-0.25, -0.2) is 4.98 Å². The van der Waals surface area contributed by atoms with Crippen molar-refractivity contribution in [2.75, 3.05) is 0 Å². The highest BCUT2D eigenvalue weighted by atomic mass is 15.1. The third kappa shape index (κ3) is 1.23. The van der Waals surface area contributed by atoms with Crippen LogP contribution in [-0.2, 0) is 0 Å². The third-order valence-corrected chi connectivity index (χ3v) is 2.76. The summed E-state index contributed by atoms with van der Waals surface area (Å²) in [5, 5.41) is 7.00. The molecule has 0 saturated carbocycles. The Balaban J connectivity index is 2.38. The van der Waals surface area contributed by atoms with Gasteiger partial charge in [-0.1, -0.05) is 0 Å². The van der Waals surface area contributed by atoms with Crippen molar-refractivity contribution < 1.29 is 4.40 Å². The minimum absolute atomic E-state index is 1.03. The van der Waals surface area contributed by atoms with Crippen LogP contribution >= 0.6 is 0 Å². The summed E-state index contributed by atoms with van der Waals surface area (Å²) < 4.78 is 2.15. The second-order valence-corrected chi connectivity index (χ2v) is 4.03. The van der Waals surface area contributed by atoms with E-state index in [9.17, 15) is 0 Å². The highest BCUT2D eigenvalue weighted by Gasteiger charge is 2.18. The van der Waals surface area contributed by atoms with E-state index in [1.54, 1.807) is 6.20 Å². The number of rotatable bonds is 1. The summed E-state index contributed by atoms with van der Waals surface area (Å²) in [5.74, 6) is 0. The predicted octanol–water partition coefficient (Wildman–Crippen LogP) is 1.76. The Kier molecular flexibility index (Phi) is 1.83. The zero-order valence-electron chi connectivity index (χ0n) is 9.28. The number of aryl methyl sites for hydroxylation is 2. The standard InChI is InChI=1S/C12H12N4/c1-8-3-4-11-14-9(2)12(16(11)7-8)10-5-6-13-15-10/h3-7H,1-2H3,(H,13,15)/p+1. The first kappa shape index (κ1) is 9.15. The average Bonchev–Trinajstić information content (AvgIpc) is 2.83. The summed E-state index contributed by atoms with van der Waals surface area (Å²) in [7, 11) is 0. The van der Waals surface area contributed by atoms with Gasteiger partial charge in [0.05, 0.1) is 6.20 Å². The Morgan fingerprint density at radius 3 is 2.81 bits per heavy atom. The number of hydrogen-bond donors (Lipinski definition) is 2. The van der Waals surface area contributed by atoms with Crippen LogP contribution in [-0.4, -0.2) is 15.2 Å². The summed E-state index contributed by atoms with van der Waals surface area (Å²) in [6, 6.07) is 6.16. The number of fused-ring (bicyclic) bond motifs is 1. The largest absolute Gasteiger partial charge is 0.284 e. The van der Waals surface area contributed by atoms with Crippen LogP contribution in [0.5, 0.6) is 0 Å². The molecule has 3 rings (SSSR count). The van der Waals surface area contributed by atoms with E-state index in [1.165, 1.54) is 5.56 Å². The molecule has 3 aromatic heterocycles. The first-order valence-electron chi connectivity index (χ1n) is 5.26. The van der Waals surface area contributed by atoms with Crippen LogP contribution in [0.4, 0.5) is 0 Å². The van der Waals surface area contributed by atoms with Crippen LogP contribution in [0.1, 0.15) is 11.3 Å². The van der Waals surface area contributed by atoms with E-state index in [-0.39, 0.29) is 0 Å². The first-order chi connectivity index (χ1) is 7.75. The second kappa shape index (κ2) is 3.20. The van der Waals surface area contributed by atoms with Crippen molar-refractivity contribution in [1.82, 2.24) is 15.2 Å². The van der Waals surface area contributed by atoms with Gasteiger partial charge in [0, 0.05) is 19.2 Å². The molecule has 3 heterocycles. The fourth-order valence-electron chi connectivity index (χ4n) is 2.05. The quantitative estimate of drug-likeness (QED) is 0.594. The Bertz CT molecular complexity index is 634. The van der Waals surface area contributed by atoms with Gasteiger partial charge in [0.25, 0.3) is 5.65 Å². The molecule has 16 heavy (non-hydrogen) atoms. The average molecular weight is 213 g/mol. The normalized spacial score (nSPS) is 11.1. The first-order valence-corrected chi connectivity index (χ1v) is 5.26. The van der Waals surface area contributed by atoms with Crippen molar-refractivity contribution in [2.45, 2.75) is 13.8 Å². The topological polar surface area (TPSA) is 48.6 Å². The van der Waals surface area contributed by atoms with Crippen LogP contribution in [0.3, 0.4) is 0 Å². The lowest BCUT2D eigenvalue weighted by Crippen LogP contribution is -2.22. The Labute approximate surface area is 93.0 Å². The molecule has 0 amide bonds. The zero-order valence-corrected chi connectivity index (χ0v) is 9.28. The number of H-pyrrole nitrogens is 2. The molecule has 2 N–H and O–H groups in total. The van der Waals surface area contributed by atoms with Gasteiger partial charge in [-0.3, -0.25) is 5.10 Å². The van der Waals surface area contributed by atoms with Crippen molar-refractivity contribution in [3.05, 3.63) is 41.9 Å². The number of aromatic amines is 2. The molecule has 3 aromatic rings. The molecule has 0 bridgehead atoms. The maximum atomic E-state index is 4.00. The third-order valence-electron chi connectivity index (χ3n) is 2.76. The van der Waals surface area contributed by atoms with E-state index in [1.807, 2.05) is 6.07 Å². The second-order valence-electron chi connectivity index (χ2n) is 4.03. The SMILES string of the molecule is Cc1ccc2[nH]c(C)c(-c3ccn[nH]3)[n+]2c1. The molecule has 0 radical (unpaired) electrons. The number of aromatic nitrogens is 4. The summed E-state index contributed by atoms with van der Waals surface area (Å²) in [6.45, 7) is 4.16. The monoisotopic (exact) mass is 213 g/mol. The van der Waals surface area contributed by atoms with Crippen molar-refractivity contribution in [2.24, 2.45) is 0 Å². The fraction of sp³-hybridized carbons (Fsp3) is 0.167. The fourth-order valence-corrected chi connectivity index (χ4v) is 2.05. The minimum atomic E-state index is 1.03. The molecule has 0 aliphatic rings. The van der Waals surface area contributed by atoms with Gasteiger partial charge < -0.3 is 0 Å². The maximum Gasteiger partial charge on any atom is 0.284 e. The van der Waals surface area contributed by atoms with E-state index in [0.717, 1.165) is 22.7 Å². The van der Waals surface area contributed by atoms with E-state index in [2.05, 4.69) is 51.8 Å². The highest BCUT2D eigenvalue weighted by Crippen LogP contribution is 2.17. The zero-order chi connectivity index (χ0) is 11.1. The lowest BCUT2D eigenvalue weighted by atomic mass is 10.2. The van der Waals surface area contributed by atoms with Crippen LogP contribution < -0.4 is 4.40 Å². The summed E-state index contributed by atoms with van der Waals surface area (Å²) >= 11 is 0. The Morgan fingerprint density at radius 2 is 2.06 bits per heavy atom. The predicted molar refractivity (Wildman–Crippen MR) is 61.0 cm³/mol. The molecule has 0 saturated heterocycles. The molecule has 4 heteroatoms. The smallest absolute Gasteiger partial charge is 0.274 e. The van der Waals surface area contributed by atoms with Gasteiger partial charge in [-0.05, 0) is 24.6 Å². The molecule has 0 atom stereocenters. The van der Waals surface area contributed by atoms with Crippen LogP contribution in [0.15, 0.2) is 30.6 Å². The van der Waals surface area contributed by atoms with E-state index in [4.69, 9.17) is 0 Å². The number of imidazole rings is 1. The lowest BCUT2D eigenvalue weighted by Gasteiger charge is -1.94. The molecule has 0 aliphatic heterocycles. The summed E-state index contributed by atoms with van der Waals surface area (Å²) in [6.07, 6.45) is 3.89. The van der Waals surface area contributed by atoms with Gasteiger partial charge >= 0.3 is 0 Å². The molecule has 0 unspecified atom stereocenters. The molecule has 0 aliphatic carbocycles. The van der Waals surface area contributed by atoms with Gasteiger partial charge in [0.2, 0.25) is 0 Å². The molecule has 80 valence electrons. The molecule has 0 fully saturated rings. The van der Waals surface area contributed by atoms with Crippen molar-refractivity contribution in [3.8, 4) is 11.4 Å². The molecule has 0 aromatic carbocycles. The molecular formula is C12H13N4+. The van der Waals surface area contributed by atoms with Crippen LogP contribution in [0.2, 0.25) is 0 Å². The lowest BCUT2D eigenvalue weighted by molar-refractivity contribution is -0.498. The van der Waals surface area contributed by atoms with Crippen molar-refractivity contribution >= 4 is 5.65 Å². The van der Waals surface area contributed by atoms with E-state index in [0.29, 0.717) is 0 Å². The van der Waals surface area contributed by atoms with Crippen LogP contribution in [0, 0.1) is 13.8 Å². The number of nitrogens with zero attached hydrogens (tertiary/aromatic N) is 2. The van der Waals surface area contributed by atoms with Crippen LogP contribution in [0.25, 0.3) is 17.0 Å². The van der Waals surface area contributed by atoms with Gasteiger partial charge in [-0.2, -0.15) is 9.50 Å². The van der Waals surface area contributed by atoms with Gasteiger partial charge in [-0.15, -0.1) is 0 Å². The maximum absolute atomic E-state index is 4.00. The van der Waals surface area contributed by atoms with Gasteiger partial charge in [0.1, 0.15) is 11.4 Å². The number of nitrogens with one attached hydrogen (secondary N) is 2. The van der Waals surface area contributed by atoms with Gasteiger partial charge in [0.15, 0.2) is 5.69 Å². The number of hydrogen-bond acceptors (Lipinski definition) is 1. The molecule has 0 spiro atoms. The van der Waals surface area contributed by atoms with E-state index < -0.39 is 0 Å².